The smallest absolute Gasteiger partial charge is 0.343 e. The van der Waals surface area contributed by atoms with E-state index in [4.69, 9.17) is 5.14 Å². The van der Waals surface area contributed by atoms with Gasteiger partial charge in [-0.2, -0.15) is 30.7 Å². The summed E-state index contributed by atoms with van der Waals surface area (Å²) in [5.41, 5.74) is -2.35. The maximum atomic E-state index is 13.6. The van der Waals surface area contributed by atoms with Gasteiger partial charge in [0, 0.05) is 18.1 Å². The van der Waals surface area contributed by atoms with Crippen LogP contribution in [0.15, 0.2) is 35.6 Å². The molecule has 1 aliphatic heterocycles. The molecular formula is C16H12F7N5O2S. The molecule has 15 heteroatoms. The first kappa shape index (κ1) is 22.9. The van der Waals surface area contributed by atoms with Crippen LogP contribution in [0.2, 0.25) is 0 Å². The lowest BCUT2D eigenvalue weighted by Crippen LogP contribution is -2.38. The lowest BCUT2D eigenvalue weighted by Gasteiger charge is -2.20. The van der Waals surface area contributed by atoms with Gasteiger partial charge in [0.25, 0.3) is 5.91 Å². The van der Waals surface area contributed by atoms with Gasteiger partial charge in [-0.05, 0) is 18.2 Å². The van der Waals surface area contributed by atoms with E-state index >= 15 is 0 Å². The summed E-state index contributed by atoms with van der Waals surface area (Å²) in [6, 6.07) is 2.56. The first-order valence-electron chi connectivity index (χ1n) is 8.23. The van der Waals surface area contributed by atoms with Crippen molar-refractivity contribution >= 4 is 28.4 Å². The number of rotatable bonds is 4. The molecule has 3 heterocycles. The number of pyridine rings is 2. The third kappa shape index (κ3) is 4.61. The third-order valence-electron chi connectivity index (χ3n) is 4.25. The lowest BCUT2D eigenvalue weighted by atomic mass is 10.1. The summed E-state index contributed by atoms with van der Waals surface area (Å²) < 4.78 is 105. The van der Waals surface area contributed by atoms with E-state index in [1.807, 2.05) is 0 Å². The fraction of sp³-hybridized carbons (Fsp3) is 0.312. The quantitative estimate of drug-likeness (QED) is 0.668. The van der Waals surface area contributed by atoms with Crippen molar-refractivity contribution in [2.24, 2.45) is 5.14 Å². The Labute approximate surface area is 172 Å². The Morgan fingerprint density at radius 2 is 1.74 bits per heavy atom. The number of nitrogens with zero attached hydrogens (tertiary/aromatic N) is 3. The number of alkyl halides is 7. The summed E-state index contributed by atoms with van der Waals surface area (Å²) in [5.74, 6) is -11.0. The standard InChI is InChI=1S/C16H12F7N5O2S/c17-14(18)6-28(7-15(14,19)20)12-10(3-8(5-26-12)16(21,22)23)13(29)27-9-1-2-25-11(4-9)31(24)30/h1-5H,6-7,24H2,(H,25,27,29). The molecule has 0 aliphatic carbocycles. The van der Waals surface area contributed by atoms with Crippen LogP contribution in [0.25, 0.3) is 0 Å². The summed E-state index contributed by atoms with van der Waals surface area (Å²) >= 11 is 0. The van der Waals surface area contributed by atoms with E-state index in [9.17, 15) is 39.7 Å². The highest BCUT2D eigenvalue weighted by molar-refractivity contribution is 7.82. The molecule has 2 aromatic heterocycles. The van der Waals surface area contributed by atoms with Gasteiger partial charge in [0.15, 0.2) is 0 Å². The number of nitrogens with one attached hydrogen (secondary N) is 1. The van der Waals surface area contributed by atoms with Crippen molar-refractivity contribution < 1.29 is 39.7 Å². The normalized spacial score (nSPS) is 18.6. The third-order valence-corrected chi connectivity index (χ3v) is 4.89. The first-order chi connectivity index (χ1) is 14.2. The predicted octanol–water partition coefficient (Wildman–Crippen LogP) is 2.82. The second kappa shape index (κ2) is 7.71. The van der Waals surface area contributed by atoms with Crippen LogP contribution in [0.3, 0.4) is 0 Å². The molecule has 3 N–H and O–H groups in total. The summed E-state index contributed by atoms with van der Waals surface area (Å²) in [5, 5.41) is 7.16. The number of carbonyl (C=O) groups is 1. The highest BCUT2D eigenvalue weighted by Crippen LogP contribution is 2.43. The number of carbonyl (C=O) groups excluding carboxylic acids is 1. The maximum Gasteiger partial charge on any atom is 0.417 e. The molecule has 1 atom stereocenters. The molecule has 0 bridgehead atoms. The van der Waals surface area contributed by atoms with Gasteiger partial charge in [0.2, 0.25) is 0 Å². The van der Waals surface area contributed by atoms with Crippen molar-refractivity contribution in [1.29, 1.82) is 0 Å². The van der Waals surface area contributed by atoms with Crippen molar-refractivity contribution in [2.75, 3.05) is 23.3 Å². The van der Waals surface area contributed by atoms with Gasteiger partial charge in [-0.1, -0.05) is 0 Å². The Morgan fingerprint density at radius 1 is 1.13 bits per heavy atom. The molecular weight excluding hydrogens is 459 g/mol. The summed E-state index contributed by atoms with van der Waals surface area (Å²) in [4.78, 5) is 20.0. The van der Waals surface area contributed by atoms with Crippen LogP contribution in [-0.4, -0.2) is 45.0 Å². The van der Waals surface area contributed by atoms with E-state index < -0.39 is 64.9 Å². The number of aromatic nitrogens is 2. The Kier molecular flexibility index (Phi) is 5.69. The van der Waals surface area contributed by atoms with E-state index in [0.717, 1.165) is 12.3 Å². The van der Waals surface area contributed by atoms with Crippen LogP contribution < -0.4 is 15.4 Å². The zero-order valence-corrected chi connectivity index (χ0v) is 15.9. The van der Waals surface area contributed by atoms with E-state index in [1.165, 1.54) is 6.07 Å². The van der Waals surface area contributed by atoms with Gasteiger partial charge in [0.05, 0.1) is 24.2 Å². The number of hydrogen-bond donors (Lipinski definition) is 2. The summed E-state index contributed by atoms with van der Waals surface area (Å²) in [7, 11) is -2.04. The number of hydrogen-bond acceptors (Lipinski definition) is 5. The van der Waals surface area contributed by atoms with Crippen LogP contribution in [-0.2, 0) is 17.2 Å². The van der Waals surface area contributed by atoms with Crippen LogP contribution in [0.5, 0.6) is 0 Å². The van der Waals surface area contributed by atoms with Crippen LogP contribution >= 0.6 is 0 Å². The van der Waals surface area contributed by atoms with Crippen LogP contribution in [0, 0.1) is 0 Å². The molecule has 2 aromatic rings. The Bertz CT molecular complexity index is 1030. The van der Waals surface area contributed by atoms with Crippen LogP contribution in [0.1, 0.15) is 15.9 Å². The lowest BCUT2D eigenvalue weighted by molar-refractivity contribution is -0.172. The highest BCUT2D eigenvalue weighted by Gasteiger charge is 2.63. The minimum absolute atomic E-state index is 0.0887. The molecule has 1 saturated heterocycles. The fourth-order valence-corrected chi connectivity index (χ4v) is 3.15. The molecule has 0 radical (unpaired) electrons. The molecule has 7 nitrogen and oxygen atoms in total. The van der Waals surface area contributed by atoms with E-state index in [2.05, 4.69) is 15.3 Å². The van der Waals surface area contributed by atoms with Gasteiger partial charge in [-0.3, -0.25) is 4.79 Å². The molecule has 1 amide bonds. The first-order valence-corrected chi connectivity index (χ1v) is 9.44. The minimum atomic E-state index is -4.94. The molecule has 168 valence electrons. The fourth-order valence-electron chi connectivity index (χ4n) is 2.74. The highest BCUT2D eigenvalue weighted by atomic mass is 32.2. The molecule has 0 aromatic carbocycles. The van der Waals surface area contributed by atoms with Gasteiger partial charge in [0.1, 0.15) is 21.8 Å². The number of amides is 1. The van der Waals surface area contributed by atoms with Crippen molar-refractivity contribution in [1.82, 2.24) is 9.97 Å². The molecule has 31 heavy (non-hydrogen) atoms. The molecule has 0 spiro atoms. The van der Waals surface area contributed by atoms with Crippen molar-refractivity contribution in [3.8, 4) is 0 Å². The van der Waals surface area contributed by atoms with Crippen LogP contribution in [0.4, 0.5) is 42.2 Å². The zero-order chi connectivity index (χ0) is 23.2. The second-order valence-electron chi connectivity index (χ2n) is 6.49. The SMILES string of the molecule is NS(=O)c1cc(NC(=O)c2cc(C(F)(F)F)cnc2N2CC(F)(F)C(F)(F)C2)ccn1. The number of nitrogens with two attached hydrogens (primary N) is 1. The summed E-state index contributed by atoms with van der Waals surface area (Å²) in [6.45, 7) is -3.10. The van der Waals surface area contributed by atoms with E-state index in [1.54, 1.807) is 0 Å². The molecule has 1 aliphatic rings. The topological polar surface area (TPSA) is 101 Å². The maximum absolute atomic E-state index is 13.6. The van der Waals surface area contributed by atoms with Gasteiger partial charge in [-0.25, -0.2) is 19.3 Å². The average molecular weight is 471 g/mol. The largest absolute Gasteiger partial charge is 0.417 e. The molecule has 0 saturated carbocycles. The zero-order valence-electron chi connectivity index (χ0n) is 15.1. The summed E-state index contributed by atoms with van der Waals surface area (Å²) in [6.07, 6.45) is -3.59. The van der Waals surface area contributed by atoms with Crippen molar-refractivity contribution in [3.63, 3.8) is 0 Å². The number of halogens is 7. The second-order valence-corrected chi connectivity index (χ2v) is 7.51. The predicted molar refractivity (Wildman–Crippen MR) is 94.1 cm³/mol. The Morgan fingerprint density at radius 3 is 2.29 bits per heavy atom. The van der Waals surface area contributed by atoms with Crippen molar-refractivity contribution in [3.05, 3.63) is 41.7 Å². The minimum Gasteiger partial charge on any atom is -0.343 e. The molecule has 3 rings (SSSR count). The molecule has 1 fully saturated rings. The van der Waals surface area contributed by atoms with Gasteiger partial charge in [-0.15, -0.1) is 0 Å². The average Bonchev–Trinajstić information content (AvgIpc) is 2.88. The van der Waals surface area contributed by atoms with Gasteiger partial charge < -0.3 is 10.2 Å². The Hall–Kier alpha value is -2.81. The van der Waals surface area contributed by atoms with Gasteiger partial charge >= 0.3 is 18.0 Å². The molecule has 1 unspecified atom stereocenters. The van der Waals surface area contributed by atoms with Crippen molar-refractivity contribution in [2.45, 2.75) is 23.0 Å². The van der Waals surface area contributed by atoms with E-state index in [-0.39, 0.29) is 16.9 Å². The van der Waals surface area contributed by atoms with E-state index in [0.29, 0.717) is 11.0 Å². The monoisotopic (exact) mass is 471 g/mol. The Balaban J connectivity index is 2.01. The number of anilines is 2.